The summed E-state index contributed by atoms with van der Waals surface area (Å²) in [6.07, 6.45) is 8.18. The topological polar surface area (TPSA) is 29.5 Å². The Labute approximate surface area is 66.9 Å². The summed E-state index contributed by atoms with van der Waals surface area (Å²) in [5.74, 6) is 0.369. The molecule has 3 atom stereocenters. The van der Waals surface area contributed by atoms with Gasteiger partial charge in [-0.3, -0.25) is 0 Å². The monoisotopic (exact) mass is 154 g/mol. The summed E-state index contributed by atoms with van der Waals surface area (Å²) in [7, 11) is 0. The third kappa shape index (κ3) is 1.27. The molecule has 2 nitrogen and oxygen atoms in total. The first-order valence-electron chi connectivity index (χ1n) is 4.38. The van der Waals surface area contributed by atoms with E-state index >= 15 is 0 Å². The molecule has 2 heteroatoms. The molecule has 0 aromatic heterocycles. The van der Waals surface area contributed by atoms with E-state index in [-0.39, 0.29) is 6.10 Å². The van der Waals surface area contributed by atoms with E-state index in [1.165, 1.54) is 12.8 Å². The Balaban J connectivity index is 2.08. The van der Waals surface area contributed by atoms with Crippen molar-refractivity contribution in [3.8, 4) is 0 Å². The summed E-state index contributed by atoms with van der Waals surface area (Å²) in [6.45, 7) is 0. The third-order valence-electron chi connectivity index (χ3n) is 2.72. The van der Waals surface area contributed by atoms with Crippen molar-refractivity contribution >= 4 is 0 Å². The molecule has 1 aliphatic heterocycles. The van der Waals surface area contributed by atoms with Gasteiger partial charge in [-0.05, 0) is 25.3 Å². The first-order valence-corrected chi connectivity index (χ1v) is 4.38. The van der Waals surface area contributed by atoms with Gasteiger partial charge in [-0.15, -0.1) is 0 Å². The molecule has 1 aliphatic carbocycles. The number of fused-ring (bicyclic) bond motifs is 1. The van der Waals surface area contributed by atoms with Crippen LogP contribution >= 0.6 is 0 Å². The summed E-state index contributed by atoms with van der Waals surface area (Å²) in [5, 5.41) is 9.54. The van der Waals surface area contributed by atoms with Crippen molar-refractivity contribution in [3.05, 3.63) is 12.3 Å². The van der Waals surface area contributed by atoms with E-state index in [4.69, 9.17) is 4.74 Å². The van der Waals surface area contributed by atoms with Crippen LogP contribution in [0.2, 0.25) is 0 Å². The van der Waals surface area contributed by atoms with Crippen molar-refractivity contribution < 1.29 is 9.84 Å². The SMILES string of the molecule is O[C@@H]1C=CO[C@H]2CCCC[C@@H]12. The molecule has 0 aromatic carbocycles. The van der Waals surface area contributed by atoms with Crippen LogP contribution in [0.25, 0.3) is 0 Å². The smallest absolute Gasteiger partial charge is 0.103 e. The minimum absolute atomic E-state index is 0.256. The highest BCUT2D eigenvalue weighted by atomic mass is 16.5. The Bertz CT molecular complexity index is 165. The second kappa shape index (κ2) is 2.86. The van der Waals surface area contributed by atoms with Crippen molar-refractivity contribution in [2.45, 2.75) is 37.9 Å². The van der Waals surface area contributed by atoms with Crippen molar-refractivity contribution in [2.75, 3.05) is 0 Å². The van der Waals surface area contributed by atoms with Crippen molar-refractivity contribution in [3.63, 3.8) is 0 Å². The number of rotatable bonds is 0. The van der Waals surface area contributed by atoms with Crippen LogP contribution in [0, 0.1) is 5.92 Å². The lowest BCUT2D eigenvalue weighted by atomic mass is 9.82. The Hall–Kier alpha value is -0.500. The zero-order valence-electron chi connectivity index (χ0n) is 6.57. The van der Waals surface area contributed by atoms with Crippen LogP contribution in [0.1, 0.15) is 25.7 Å². The molecular weight excluding hydrogens is 140 g/mol. The quantitative estimate of drug-likeness (QED) is 0.572. The molecule has 0 saturated heterocycles. The summed E-state index contributed by atoms with van der Waals surface area (Å²) in [4.78, 5) is 0. The molecule has 0 aromatic rings. The first-order chi connectivity index (χ1) is 5.38. The van der Waals surface area contributed by atoms with E-state index in [0.717, 1.165) is 12.8 Å². The summed E-state index contributed by atoms with van der Waals surface area (Å²) in [6, 6.07) is 0. The number of aliphatic hydroxyl groups is 1. The Morgan fingerprint density at radius 2 is 2.09 bits per heavy atom. The average Bonchev–Trinajstić information content (AvgIpc) is 2.06. The normalized spacial score (nSPS) is 42.8. The van der Waals surface area contributed by atoms with Crippen LogP contribution in [-0.4, -0.2) is 17.3 Å². The number of hydrogen-bond acceptors (Lipinski definition) is 2. The summed E-state index contributed by atoms with van der Waals surface area (Å²) in [5.41, 5.74) is 0. The Morgan fingerprint density at radius 3 is 2.91 bits per heavy atom. The average molecular weight is 154 g/mol. The number of hydrogen-bond donors (Lipinski definition) is 1. The van der Waals surface area contributed by atoms with Gasteiger partial charge in [0.15, 0.2) is 0 Å². The highest BCUT2D eigenvalue weighted by Gasteiger charge is 2.32. The fraction of sp³-hybridized carbons (Fsp3) is 0.778. The van der Waals surface area contributed by atoms with Crippen LogP contribution in [-0.2, 0) is 4.74 Å². The van der Waals surface area contributed by atoms with Gasteiger partial charge in [-0.25, -0.2) is 0 Å². The Morgan fingerprint density at radius 1 is 1.27 bits per heavy atom. The Kier molecular flexibility index (Phi) is 1.86. The van der Waals surface area contributed by atoms with Gasteiger partial charge in [-0.2, -0.15) is 0 Å². The molecule has 0 bridgehead atoms. The van der Waals surface area contributed by atoms with Gasteiger partial charge in [0.25, 0.3) is 0 Å². The van der Waals surface area contributed by atoms with E-state index in [0.29, 0.717) is 12.0 Å². The van der Waals surface area contributed by atoms with Crippen molar-refractivity contribution in [2.24, 2.45) is 5.92 Å². The maximum atomic E-state index is 9.54. The third-order valence-corrected chi connectivity index (χ3v) is 2.72. The largest absolute Gasteiger partial charge is 0.498 e. The second-order valence-corrected chi connectivity index (χ2v) is 3.44. The molecule has 2 aliphatic rings. The molecule has 1 heterocycles. The zero-order valence-corrected chi connectivity index (χ0v) is 6.57. The lowest BCUT2D eigenvalue weighted by Crippen LogP contribution is -2.37. The maximum absolute atomic E-state index is 9.54. The van der Waals surface area contributed by atoms with Crippen LogP contribution in [0.5, 0.6) is 0 Å². The van der Waals surface area contributed by atoms with Gasteiger partial charge in [0.2, 0.25) is 0 Å². The summed E-state index contributed by atoms with van der Waals surface area (Å²) < 4.78 is 5.41. The second-order valence-electron chi connectivity index (χ2n) is 3.44. The van der Waals surface area contributed by atoms with Crippen molar-refractivity contribution in [1.29, 1.82) is 0 Å². The summed E-state index contributed by atoms with van der Waals surface area (Å²) >= 11 is 0. The van der Waals surface area contributed by atoms with E-state index < -0.39 is 0 Å². The highest BCUT2D eigenvalue weighted by Crippen LogP contribution is 2.32. The molecule has 1 N–H and O–H groups in total. The van der Waals surface area contributed by atoms with Gasteiger partial charge in [0.1, 0.15) is 6.10 Å². The van der Waals surface area contributed by atoms with E-state index in [9.17, 15) is 5.11 Å². The predicted octanol–water partition coefficient (Wildman–Crippen LogP) is 1.45. The molecule has 0 spiro atoms. The van der Waals surface area contributed by atoms with Crippen LogP contribution in [0.15, 0.2) is 12.3 Å². The lowest BCUT2D eigenvalue weighted by molar-refractivity contribution is -0.0211. The molecule has 11 heavy (non-hydrogen) atoms. The predicted molar refractivity (Wildman–Crippen MR) is 42.0 cm³/mol. The van der Waals surface area contributed by atoms with Gasteiger partial charge in [0, 0.05) is 5.92 Å². The van der Waals surface area contributed by atoms with Crippen molar-refractivity contribution in [1.82, 2.24) is 0 Å². The molecule has 1 saturated carbocycles. The van der Waals surface area contributed by atoms with E-state index in [1.54, 1.807) is 12.3 Å². The molecule has 62 valence electrons. The van der Waals surface area contributed by atoms with Gasteiger partial charge < -0.3 is 9.84 Å². The molecular formula is C9H14O2. The van der Waals surface area contributed by atoms with Gasteiger partial charge in [0.05, 0.1) is 12.4 Å². The molecule has 1 fully saturated rings. The highest BCUT2D eigenvalue weighted by molar-refractivity contribution is 4.97. The van der Waals surface area contributed by atoms with Gasteiger partial charge >= 0.3 is 0 Å². The van der Waals surface area contributed by atoms with Crippen LogP contribution < -0.4 is 0 Å². The fourth-order valence-electron chi connectivity index (χ4n) is 2.05. The van der Waals surface area contributed by atoms with E-state index in [1.807, 2.05) is 0 Å². The minimum Gasteiger partial charge on any atom is -0.498 e. The molecule has 0 amide bonds. The fourth-order valence-corrected chi connectivity index (χ4v) is 2.05. The first kappa shape index (κ1) is 7.17. The number of ether oxygens (including phenoxy) is 1. The molecule has 0 radical (unpaired) electrons. The molecule has 2 rings (SSSR count). The van der Waals surface area contributed by atoms with Crippen LogP contribution in [0.3, 0.4) is 0 Å². The molecule has 0 unspecified atom stereocenters. The standard InChI is InChI=1S/C9H14O2/c10-8-5-6-11-9-4-2-1-3-7(8)9/h5-10H,1-4H2/t7-,8+,9-/m0/s1. The van der Waals surface area contributed by atoms with Crippen LogP contribution in [0.4, 0.5) is 0 Å². The van der Waals surface area contributed by atoms with E-state index in [2.05, 4.69) is 0 Å². The number of aliphatic hydroxyl groups excluding tert-OH is 1. The lowest BCUT2D eigenvalue weighted by Gasteiger charge is -2.35. The zero-order chi connectivity index (χ0) is 7.68. The minimum atomic E-state index is -0.256. The maximum Gasteiger partial charge on any atom is 0.103 e. The van der Waals surface area contributed by atoms with Gasteiger partial charge in [-0.1, -0.05) is 6.42 Å².